The third-order valence-electron chi connectivity index (χ3n) is 9.48. The highest BCUT2D eigenvalue weighted by molar-refractivity contribution is 5.85. The molecule has 6 heteroatoms. The van der Waals surface area contributed by atoms with Gasteiger partial charge >= 0.3 is 0 Å². The van der Waals surface area contributed by atoms with E-state index in [0.29, 0.717) is 11.8 Å². The largest absolute Gasteiger partial charge is 0.339 e. The van der Waals surface area contributed by atoms with Crippen LogP contribution < -0.4 is 5.43 Å². The first-order chi connectivity index (χ1) is 15.0. The van der Waals surface area contributed by atoms with Gasteiger partial charge in [-0.1, -0.05) is 13.8 Å². The Morgan fingerprint density at radius 1 is 0.871 bits per heavy atom. The first-order valence-corrected chi connectivity index (χ1v) is 13.1. The van der Waals surface area contributed by atoms with Crippen LogP contribution >= 0.6 is 0 Å². The number of nitrogens with one attached hydrogen (secondary N) is 1. The van der Waals surface area contributed by atoms with E-state index in [1.807, 2.05) is 4.90 Å². The van der Waals surface area contributed by atoms with E-state index < -0.39 is 0 Å². The molecule has 31 heavy (non-hydrogen) atoms. The van der Waals surface area contributed by atoms with Gasteiger partial charge in [-0.3, -0.25) is 15.0 Å². The fraction of sp³-hybridized carbons (Fsp3) is 0.920. The highest BCUT2D eigenvalue weighted by atomic mass is 16.2. The molecular formula is C25H42N4O2. The van der Waals surface area contributed by atoms with Crippen LogP contribution in [0.1, 0.15) is 71.6 Å². The lowest BCUT2D eigenvalue weighted by Crippen LogP contribution is -2.53. The summed E-state index contributed by atoms with van der Waals surface area (Å²) < 4.78 is 0. The van der Waals surface area contributed by atoms with Crippen molar-refractivity contribution in [3.8, 4) is 0 Å². The van der Waals surface area contributed by atoms with Crippen molar-refractivity contribution in [2.24, 2.45) is 29.1 Å². The third-order valence-corrected chi connectivity index (χ3v) is 9.48. The van der Waals surface area contributed by atoms with Gasteiger partial charge in [0.15, 0.2) is 0 Å². The Kier molecular flexibility index (Phi) is 6.06. The van der Waals surface area contributed by atoms with Crippen LogP contribution in [0, 0.1) is 29.1 Å². The van der Waals surface area contributed by atoms with Crippen LogP contribution in [-0.2, 0) is 9.59 Å². The summed E-state index contributed by atoms with van der Waals surface area (Å²) in [6, 6.07) is 0.736. The van der Waals surface area contributed by atoms with Crippen molar-refractivity contribution in [3.63, 3.8) is 0 Å². The number of piperazine rings is 1. The van der Waals surface area contributed by atoms with Gasteiger partial charge in [0.25, 0.3) is 0 Å². The molecule has 5 fully saturated rings. The highest BCUT2D eigenvalue weighted by Crippen LogP contribution is 2.47. The summed E-state index contributed by atoms with van der Waals surface area (Å²) in [5.41, 5.74) is 3.52. The molecule has 3 atom stereocenters. The van der Waals surface area contributed by atoms with Crippen molar-refractivity contribution in [2.75, 3.05) is 39.3 Å². The van der Waals surface area contributed by atoms with Gasteiger partial charge in [0.05, 0.1) is 0 Å². The minimum atomic E-state index is -0.0909. The molecule has 1 N–H and O–H groups in total. The lowest BCUT2D eigenvalue weighted by atomic mass is 9.68. The Labute approximate surface area is 188 Å². The van der Waals surface area contributed by atoms with Gasteiger partial charge in [0.2, 0.25) is 11.8 Å². The maximum Gasteiger partial charge on any atom is 0.228 e. The number of amides is 2. The first-order valence-electron chi connectivity index (χ1n) is 13.1. The molecule has 2 aliphatic heterocycles. The number of fused-ring (bicyclic) bond motifs is 1. The average Bonchev–Trinajstić information content (AvgIpc) is 3.44. The van der Waals surface area contributed by atoms with Gasteiger partial charge in [-0.15, -0.1) is 0 Å². The predicted molar refractivity (Wildman–Crippen MR) is 121 cm³/mol. The number of carbonyl (C=O) groups is 2. The number of carbonyl (C=O) groups excluding carboxylic acids is 2. The number of nitrogens with zero attached hydrogens (tertiary/aromatic N) is 3. The molecule has 2 amide bonds. The predicted octanol–water partition coefficient (Wildman–Crippen LogP) is 2.89. The van der Waals surface area contributed by atoms with E-state index in [2.05, 4.69) is 29.2 Å². The van der Waals surface area contributed by atoms with Crippen molar-refractivity contribution in [2.45, 2.75) is 77.7 Å². The van der Waals surface area contributed by atoms with Gasteiger partial charge in [-0.05, 0) is 75.5 Å². The molecule has 0 radical (unpaired) electrons. The molecule has 0 bridgehead atoms. The Morgan fingerprint density at radius 3 is 2.13 bits per heavy atom. The quantitative estimate of drug-likeness (QED) is 0.745. The minimum absolute atomic E-state index is 0.0909. The zero-order valence-corrected chi connectivity index (χ0v) is 19.7. The zero-order valence-electron chi connectivity index (χ0n) is 19.7. The molecule has 6 nitrogen and oxygen atoms in total. The fourth-order valence-corrected chi connectivity index (χ4v) is 7.00. The van der Waals surface area contributed by atoms with Crippen LogP contribution in [-0.4, -0.2) is 71.9 Å². The normalized spacial score (nSPS) is 38.1. The van der Waals surface area contributed by atoms with Gasteiger partial charge in [0, 0.05) is 56.6 Å². The number of hydrogen-bond acceptors (Lipinski definition) is 4. The van der Waals surface area contributed by atoms with Crippen LogP contribution in [0.25, 0.3) is 0 Å². The van der Waals surface area contributed by atoms with Crippen LogP contribution in [0.4, 0.5) is 0 Å². The molecule has 3 saturated carbocycles. The minimum Gasteiger partial charge on any atom is -0.339 e. The van der Waals surface area contributed by atoms with E-state index in [1.165, 1.54) is 38.6 Å². The van der Waals surface area contributed by atoms with Crippen LogP contribution in [0.3, 0.4) is 0 Å². The summed E-state index contributed by atoms with van der Waals surface area (Å²) >= 11 is 0. The topological polar surface area (TPSA) is 55.9 Å². The summed E-state index contributed by atoms with van der Waals surface area (Å²) in [6.45, 7) is 9.53. The number of rotatable bonds is 4. The second-order valence-electron chi connectivity index (χ2n) is 11.3. The van der Waals surface area contributed by atoms with E-state index >= 15 is 0 Å². The van der Waals surface area contributed by atoms with E-state index in [4.69, 9.17) is 0 Å². The average molecular weight is 431 g/mol. The molecule has 0 aromatic rings. The monoisotopic (exact) mass is 430 g/mol. The van der Waals surface area contributed by atoms with Crippen molar-refractivity contribution in [3.05, 3.63) is 0 Å². The standard InChI is InChI=1S/C25H42N4O2/c1-3-29-22-16-20(8-9-21(22)17-26-29)18-4-6-19(7-5-18)23(30)27-12-14-28(15-13-27)24(31)25(2)10-11-25/h18-22,26H,3-17H2,1-2H3. The second kappa shape index (κ2) is 8.66. The lowest BCUT2D eigenvalue weighted by molar-refractivity contribution is -0.145. The Morgan fingerprint density at radius 2 is 1.48 bits per heavy atom. The number of hydrazine groups is 1. The maximum atomic E-state index is 13.2. The van der Waals surface area contributed by atoms with E-state index in [9.17, 15) is 9.59 Å². The zero-order chi connectivity index (χ0) is 21.6. The van der Waals surface area contributed by atoms with Crippen LogP contribution in [0.15, 0.2) is 0 Å². The van der Waals surface area contributed by atoms with Crippen molar-refractivity contribution in [1.29, 1.82) is 0 Å². The maximum absolute atomic E-state index is 13.2. The Bertz CT molecular complexity index is 671. The van der Waals surface area contributed by atoms with Crippen LogP contribution in [0.5, 0.6) is 0 Å². The summed E-state index contributed by atoms with van der Waals surface area (Å²) in [4.78, 5) is 29.8. The van der Waals surface area contributed by atoms with Crippen molar-refractivity contribution < 1.29 is 9.59 Å². The molecule has 5 rings (SSSR count). The summed E-state index contributed by atoms with van der Waals surface area (Å²) in [5.74, 6) is 3.42. The second-order valence-corrected chi connectivity index (χ2v) is 11.3. The third kappa shape index (κ3) is 4.27. The SMILES string of the molecule is CCN1NCC2CCC(C3CCC(C(=O)N4CCN(C(=O)C5(C)CC5)CC4)CC3)CC21. The van der Waals surface area contributed by atoms with Crippen molar-refractivity contribution in [1.82, 2.24) is 20.2 Å². The molecule has 0 aromatic heterocycles. The van der Waals surface area contributed by atoms with Gasteiger partial charge in [0.1, 0.15) is 0 Å². The molecule has 3 unspecified atom stereocenters. The Balaban J connectivity index is 1.08. The van der Waals surface area contributed by atoms with E-state index in [1.54, 1.807) is 0 Å². The lowest BCUT2D eigenvalue weighted by Gasteiger charge is -2.42. The molecule has 2 heterocycles. The molecule has 3 aliphatic carbocycles. The van der Waals surface area contributed by atoms with Gasteiger partial charge < -0.3 is 9.80 Å². The van der Waals surface area contributed by atoms with E-state index in [0.717, 1.165) is 82.2 Å². The molecule has 5 aliphatic rings. The molecule has 0 aromatic carbocycles. The highest BCUT2D eigenvalue weighted by Gasteiger charge is 2.48. The van der Waals surface area contributed by atoms with Crippen molar-refractivity contribution >= 4 is 11.8 Å². The molecule has 0 spiro atoms. The molecular weight excluding hydrogens is 388 g/mol. The Hall–Kier alpha value is -1.14. The van der Waals surface area contributed by atoms with Gasteiger partial charge in [-0.25, -0.2) is 5.01 Å². The molecule has 2 saturated heterocycles. The van der Waals surface area contributed by atoms with Gasteiger partial charge in [-0.2, -0.15) is 0 Å². The van der Waals surface area contributed by atoms with E-state index in [-0.39, 0.29) is 11.3 Å². The summed E-state index contributed by atoms with van der Waals surface area (Å²) in [5, 5.41) is 2.49. The number of hydrogen-bond donors (Lipinski definition) is 1. The van der Waals surface area contributed by atoms with Crippen LogP contribution in [0.2, 0.25) is 0 Å². The smallest absolute Gasteiger partial charge is 0.228 e. The summed E-state index contributed by atoms with van der Waals surface area (Å²) in [7, 11) is 0. The molecule has 174 valence electrons. The summed E-state index contributed by atoms with van der Waals surface area (Å²) in [6.07, 6.45) is 10.8. The fourth-order valence-electron chi connectivity index (χ4n) is 7.00. The first kappa shape index (κ1) is 21.7.